The van der Waals surface area contributed by atoms with Crippen molar-refractivity contribution in [2.45, 2.75) is 77.6 Å². The molecule has 0 aliphatic heterocycles. The molecule has 11 rings (SSSR count). The van der Waals surface area contributed by atoms with E-state index in [9.17, 15) is 0 Å². The fraction of sp³-hybridized carbons (Fsp3) is 0.207. The number of rotatable bonds is 5. The van der Waals surface area contributed by atoms with Crippen LogP contribution in [0.1, 0.15) is 94.0 Å². The van der Waals surface area contributed by atoms with Crippen LogP contribution in [0.5, 0.6) is 0 Å². The number of benzene rings is 7. The molecule has 7 aromatic carbocycles. The molecule has 0 fully saturated rings. The van der Waals surface area contributed by atoms with Gasteiger partial charge in [-0.1, -0.05) is 152 Å². The molecule has 3 aliphatic rings. The molecule has 60 heavy (non-hydrogen) atoms. The maximum absolute atomic E-state index is 6.32. The smallest absolute Gasteiger partial charge is 0.135 e. The molecule has 0 unspecified atom stereocenters. The average Bonchev–Trinajstić information content (AvgIpc) is 3.83. The van der Waals surface area contributed by atoms with Crippen molar-refractivity contribution in [2.75, 3.05) is 4.90 Å². The third-order valence-corrected chi connectivity index (χ3v) is 13.9. The van der Waals surface area contributed by atoms with Gasteiger partial charge in [0.05, 0.1) is 0 Å². The normalized spacial score (nSPS) is 15.3. The lowest BCUT2D eigenvalue weighted by molar-refractivity contribution is 0.584. The van der Waals surface area contributed by atoms with E-state index < -0.39 is 0 Å². The maximum Gasteiger partial charge on any atom is 0.135 e. The second-order valence-electron chi connectivity index (χ2n) is 19.3. The van der Waals surface area contributed by atoms with E-state index in [-0.39, 0.29) is 16.2 Å². The molecule has 2 heteroatoms. The van der Waals surface area contributed by atoms with Crippen LogP contribution < -0.4 is 4.90 Å². The highest BCUT2D eigenvalue weighted by Gasteiger charge is 2.37. The maximum atomic E-state index is 6.32. The summed E-state index contributed by atoms with van der Waals surface area (Å²) in [4.78, 5) is 2.42. The highest BCUT2D eigenvalue weighted by molar-refractivity contribution is 5.99. The van der Waals surface area contributed by atoms with Crippen molar-refractivity contribution < 1.29 is 4.42 Å². The van der Waals surface area contributed by atoms with E-state index in [2.05, 4.69) is 211 Å². The Morgan fingerprint density at radius 2 is 1.10 bits per heavy atom. The van der Waals surface area contributed by atoms with Gasteiger partial charge in [-0.25, -0.2) is 0 Å². The number of hydrogen-bond donors (Lipinski definition) is 0. The van der Waals surface area contributed by atoms with E-state index in [1.807, 2.05) is 0 Å². The summed E-state index contributed by atoms with van der Waals surface area (Å²) in [6, 6.07) is 55.0. The summed E-state index contributed by atoms with van der Waals surface area (Å²) >= 11 is 0. The van der Waals surface area contributed by atoms with Gasteiger partial charge in [0.15, 0.2) is 0 Å². The minimum Gasteiger partial charge on any atom is -0.456 e. The number of hydrogen-bond acceptors (Lipinski definition) is 2. The second-order valence-corrected chi connectivity index (χ2v) is 19.3. The van der Waals surface area contributed by atoms with Crippen molar-refractivity contribution in [3.63, 3.8) is 0 Å². The first-order chi connectivity index (χ1) is 28.9. The molecule has 1 heterocycles. The Bertz CT molecular complexity index is 3050. The third-order valence-electron chi connectivity index (χ3n) is 13.9. The van der Waals surface area contributed by atoms with Gasteiger partial charge in [0.1, 0.15) is 11.3 Å². The molecule has 2 nitrogen and oxygen atoms in total. The lowest BCUT2D eigenvalue weighted by Gasteiger charge is -2.28. The van der Waals surface area contributed by atoms with Crippen LogP contribution in [-0.4, -0.2) is 0 Å². The highest BCUT2D eigenvalue weighted by Crippen LogP contribution is 2.52. The van der Waals surface area contributed by atoms with Gasteiger partial charge in [-0.05, 0) is 145 Å². The van der Waals surface area contributed by atoms with Crippen LogP contribution in [0.2, 0.25) is 0 Å². The number of aryl methyl sites for hydroxylation is 1. The number of fused-ring (bicyclic) bond motifs is 9. The second kappa shape index (κ2) is 13.1. The largest absolute Gasteiger partial charge is 0.456 e. The molecular weight excluding hydrogens is 727 g/mol. The first-order valence-electron chi connectivity index (χ1n) is 21.6. The van der Waals surface area contributed by atoms with Gasteiger partial charge in [-0.2, -0.15) is 0 Å². The number of nitrogens with zero attached hydrogens (tertiary/aromatic N) is 1. The van der Waals surface area contributed by atoms with Crippen LogP contribution in [0, 0.1) is 0 Å². The molecule has 0 radical (unpaired) electrons. The Balaban J connectivity index is 0.996. The summed E-state index contributed by atoms with van der Waals surface area (Å²) in [5, 5.41) is 1.24. The Labute approximate surface area is 354 Å². The third kappa shape index (κ3) is 5.53. The molecule has 0 spiro atoms. The Kier molecular flexibility index (Phi) is 7.98. The lowest BCUT2D eigenvalue weighted by atomic mass is 9.79. The van der Waals surface area contributed by atoms with Crippen LogP contribution in [0.4, 0.5) is 17.1 Å². The van der Waals surface area contributed by atoms with E-state index in [0.717, 1.165) is 41.2 Å². The zero-order valence-corrected chi connectivity index (χ0v) is 35.8. The lowest BCUT2D eigenvalue weighted by Crippen LogP contribution is -2.17. The number of allylic oxidation sites excluding steroid dienone is 1. The SMILES string of the molecule is CC(C)(C)c1ccc2c(c1)C(C)(C)c1ccc(-c3ccc(N(c4ccc(-c5cccc6oc7c(c56)CCC=C7)cc4)c4ccc5c(c4)C(C)(C)c4ccccc4-5)cc3)cc1-2. The molecule has 294 valence electrons. The van der Waals surface area contributed by atoms with Gasteiger partial charge in [-0.3, -0.25) is 0 Å². The van der Waals surface area contributed by atoms with Crippen molar-refractivity contribution >= 4 is 34.1 Å². The van der Waals surface area contributed by atoms with E-state index in [0.29, 0.717) is 0 Å². The van der Waals surface area contributed by atoms with Crippen molar-refractivity contribution in [3.05, 3.63) is 191 Å². The molecule has 0 N–H and O–H groups in total. The van der Waals surface area contributed by atoms with Crippen LogP contribution in [0.15, 0.2) is 156 Å². The van der Waals surface area contributed by atoms with Crippen molar-refractivity contribution in [2.24, 2.45) is 0 Å². The van der Waals surface area contributed by atoms with Gasteiger partial charge in [0.25, 0.3) is 0 Å². The van der Waals surface area contributed by atoms with Gasteiger partial charge in [0.2, 0.25) is 0 Å². The van der Waals surface area contributed by atoms with E-state index in [1.165, 1.54) is 83.3 Å². The van der Waals surface area contributed by atoms with Crippen LogP contribution in [0.3, 0.4) is 0 Å². The minimum atomic E-state index is -0.103. The fourth-order valence-corrected chi connectivity index (χ4v) is 10.5. The topological polar surface area (TPSA) is 16.4 Å². The molecule has 0 atom stereocenters. The molecule has 1 aromatic heterocycles. The predicted molar refractivity (Wildman–Crippen MR) is 253 cm³/mol. The van der Waals surface area contributed by atoms with E-state index in [4.69, 9.17) is 4.42 Å². The van der Waals surface area contributed by atoms with Crippen LogP contribution in [-0.2, 0) is 22.7 Å². The minimum absolute atomic E-state index is 0.0437. The summed E-state index contributed by atoms with van der Waals surface area (Å²) in [5.74, 6) is 1.000. The average molecular weight is 778 g/mol. The van der Waals surface area contributed by atoms with E-state index in [1.54, 1.807) is 0 Å². The molecule has 3 aliphatic carbocycles. The van der Waals surface area contributed by atoms with Crippen LogP contribution >= 0.6 is 0 Å². The van der Waals surface area contributed by atoms with Gasteiger partial charge >= 0.3 is 0 Å². The van der Waals surface area contributed by atoms with Gasteiger partial charge in [-0.15, -0.1) is 0 Å². The van der Waals surface area contributed by atoms with E-state index >= 15 is 0 Å². The molecule has 8 aromatic rings. The quantitative estimate of drug-likeness (QED) is 0.173. The molecule has 0 saturated heterocycles. The molecule has 0 bridgehead atoms. The van der Waals surface area contributed by atoms with Crippen molar-refractivity contribution in [1.29, 1.82) is 0 Å². The summed E-state index contributed by atoms with van der Waals surface area (Å²) in [7, 11) is 0. The zero-order valence-electron chi connectivity index (χ0n) is 35.8. The van der Waals surface area contributed by atoms with Crippen molar-refractivity contribution in [1.82, 2.24) is 0 Å². The summed E-state index contributed by atoms with van der Waals surface area (Å²) in [5.41, 5.74) is 22.9. The first-order valence-corrected chi connectivity index (χ1v) is 21.6. The molecule has 0 saturated carbocycles. The summed E-state index contributed by atoms with van der Waals surface area (Å²) in [6.07, 6.45) is 6.40. The molecular formula is C58H51NO. The fourth-order valence-electron chi connectivity index (χ4n) is 10.5. The Hall–Kier alpha value is -6.38. The Morgan fingerprint density at radius 1 is 0.500 bits per heavy atom. The predicted octanol–water partition coefficient (Wildman–Crippen LogP) is 16.1. The summed E-state index contributed by atoms with van der Waals surface area (Å²) < 4.78 is 6.32. The van der Waals surface area contributed by atoms with Gasteiger partial charge < -0.3 is 9.32 Å². The zero-order chi connectivity index (χ0) is 41.1. The number of furan rings is 1. The monoisotopic (exact) mass is 777 g/mol. The highest BCUT2D eigenvalue weighted by atomic mass is 16.3. The van der Waals surface area contributed by atoms with Gasteiger partial charge in [0, 0.05) is 38.8 Å². The molecule has 0 amide bonds. The van der Waals surface area contributed by atoms with Crippen LogP contribution in [0.25, 0.3) is 61.6 Å². The Morgan fingerprint density at radius 3 is 1.85 bits per heavy atom. The summed E-state index contributed by atoms with van der Waals surface area (Å²) in [6.45, 7) is 16.4. The number of anilines is 3. The standard InChI is InChI=1S/C58H51NO/c1-56(2,3)39-24-30-46-48-33-38(23-32-50(48)58(6,7)51(46)34-39)36-19-25-40(26-20-36)59(42-29-31-45-44-13-8-10-16-49(44)57(4,5)52(45)35-42)41-27-21-37(22-28-41)43-15-12-18-54-55(43)47-14-9-11-17-53(47)60-54/h8,10-13,15-35H,9,14H2,1-7H3. The van der Waals surface area contributed by atoms with Crippen molar-refractivity contribution in [3.8, 4) is 44.5 Å². The first kappa shape index (κ1) is 36.7.